The molecule has 2 aromatic carbocycles. The zero-order valence-corrected chi connectivity index (χ0v) is 20.3. The second-order valence-electron chi connectivity index (χ2n) is 8.74. The quantitative estimate of drug-likeness (QED) is 0.556. The van der Waals surface area contributed by atoms with Gasteiger partial charge in [0, 0.05) is 64.7 Å². The van der Waals surface area contributed by atoms with Crippen molar-refractivity contribution in [1.82, 2.24) is 14.1 Å². The first-order valence-corrected chi connectivity index (χ1v) is 13.0. The Balaban J connectivity index is 1.32. The van der Waals surface area contributed by atoms with E-state index in [9.17, 15) is 18.0 Å². The monoisotopic (exact) mass is 485 g/mol. The number of morpholine rings is 1. The minimum atomic E-state index is -3.54. The molecule has 0 atom stereocenters. The number of ether oxygens (including phenoxy) is 1. The Bertz CT molecular complexity index is 1100. The summed E-state index contributed by atoms with van der Waals surface area (Å²) in [7, 11) is -3.54. The molecule has 8 nitrogen and oxygen atoms in total. The highest BCUT2D eigenvalue weighted by Crippen LogP contribution is 2.19. The van der Waals surface area contributed by atoms with Crippen LogP contribution in [0.5, 0.6) is 0 Å². The maximum absolute atomic E-state index is 12.8. The number of carbonyl (C=O) groups excluding carboxylic acids is 2. The Morgan fingerprint density at radius 3 is 2.00 bits per heavy atom. The standard InChI is InChI=1S/C25H31N3O5S/c1-20(29)27-12-10-26(11-13-27)19-22-2-6-23(7-3-22)25(30)18-21-4-8-24(9-5-21)34(31,32)28-14-16-33-17-15-28/h2-9H,10-19H2,1H3. The predicted octanol–water partition coefficient (Wildman–Crippen LogP) is 1.80. The first kappa shape index (κ1) is 24.5. The summed E-state index contributed by atoms with van der Waals surface area (Å²) in [5, 5.41) is 0. The number of carbonyl (C=O) groups is 2. The number of piperazine rings is 1. The van der Waals surface area contributed by atoms with E-state index < -0.39 is 10.0 Å². The van der Waals surface area contributed by atoms with Crippen molar-refractivity contribution in [3.8, 4) is 0 Å². The highest BCUT2D eigenvalue weighted by molar-refractivity contribution is 7.89. The van der Waals surface area contributed by atoms with Crippen molar-refractivity contribution in [2.24, 2.45) is 0 Å². The average molecular weight is 486 g/mol. The van der Waals surface area contributed by atoms with Gasteiger partial charge in [0.2, 0.25) is 15.9 Å². The lowest BCUT2D eigenvalue weighted by molar-refractivity contribution is -0.130. The molecule has 0 N–H and O–H groups in total. The Labute approximate surface area is 201 Å². The van der Waals surface area contributed by atoms with Crippen LogP contribution < -0.4 is 0 Å². The van der Waals surface area contributed by atoms with E-state index in [2.05, 4.69) is 4.90 Å². The van der Waals surface area contributed by atoms with Crippen molar-refractivity contribution >= 4 is 21.7 Å². The van der Waals surface area contributed by atoms with E-state index in [0.717, 1.165) is 43.9 Å². The summed E-state index contributed by atoms with van der Waals surface area (Å²) in [5.74, 6) is 0.112. The lowest BCUT2D eigenvalue weighted by Gasteiger charge is -2.34. The topological polar surface area (TPSA) is 87.2 Å². The third-order valence-corrected chi connectivity index (χ3v) is 8.31. The highest BCUT2D eigenvalue weighted by Gasteiger charge is 2.26. The zero-order chi connectivity index (χ0) is 24.1. The normalized spacial score (nSPS) is 18.1. The minimum Gasteiger partial charge on any atom is -0.379 e. The van der Waals surface area contributed by atoms with Crippen LogP contribution >= 0.6 is 0 Å². The Morgan fingerprint density at radius 2 is 1.41 bits per heavy atom. The number of hydrogen-bond acceptors (Lipinski definition) is 6. The highest BCUT2D eigenvalue weighted by atomic mass is 32.2. The molecule has 2 aliphatic rings. The fourth-order valence-electron chi connectivity index (χ4n) is 4.28. The number of benzene rings is 2. The van der Waals surface area contributed by atoms with Crippen LogP contribution in [-0.2, 0) is 32.5 Å². The number of Topliss-reactive ketones (excluding diaryl/α,β-unsaturated/α-hetero) is 1. The van der Waals surface area contributed by atoms with Crippen molar-refractivity contribution in [2.75, 3.05) is 52.5 Å². The predicted molar refractivity (Wildman–Crippen MR) is 128 cm³/mol. The van der Waals surface area contributed by atoms with Gasteiger partial charge in [-0.25, -0.2) is 8.42 Å². The molecule has 2 fully saturated rings. The molecule has 1 amide bonds. The smallest absolute Gasteiger partial charge is 0.243 e. The Morgan fingerprint density at radius 1 is 0.824 bits per heavy atom. The molecule has 9 heteroatoms. The van der Waals surface area contributed by atoms with Gasteiger partial charge in [0.1, 0.15) is 0 Å². The fourth-order valence-corrected chi connectivity index (χ4v) is 5.69. The summed E-state index contributed by atoms with van der Waals surface area (Å²) in [6.07, 6.45) is 0.213. The van der Waals surface area contributed by atoms with Crippen LogP contribution in [0, 0.1) is 0 Å². The van der Waals surface area contributed by atoms with E-state index in [1.807, 2.05) is 29.2 Å². The van der Waals surface area contributed by atoms with Crippen LogP contribution in [0.4, 0.5) is 0 Å². The number of amides is 1. The molecule has 2 aromatic rings. The third kappa shape index (κ3) is 5.90. The molecule has 2 aliphatic heterocycles. The van der Waals surface area contributed by atoms with E-state index in [4.69, 9.17) is 4.74 Å². The van der Waals surface area contributed by atoms with E-state index in [1.54, 1.807) is 31.2 Å². The molecule has 0 aromatic heterocycles. The SMILES string of the molecule is CC(=O)N1CCN(Cc2ccc(C(=O)Cc3ccc(S(=O)(=O)N4CCOCC4)cc3)cc2)CC1. The van der Waals surface area contributed by atoms with Gasteiger partial charge >= 0.3 is 0 Å². The lowest BCUT2D eigenvalue weighted by Crippen LogP contribution is -2.47. The van der Waals surface area contributed by atoms with Crippen molar-refractivity contribution in [1.29, 1.82) is 0 Å². The van der Waals surface area contributed by atoms with Crippen LogP contribution in [0.15, 0.2) is 53.4 Å². The van der Waals surface area contributed by atoms with Crippen LogP contribution in [0.2, 0.25) is 0 Å². The molecule has 2 saturated heterocycles. The third-order valence-electron chi connectivity index (χ3n) is 6.40. The summed E-state index contributed by atoms with van der Waals surface area (Å²) < 4.78 is 32.2. The zero-order valence-electron chi connectivity index (χ0n) is 19.5. The molecule has 34 heavy (non-hydrogen) atoms. The molecule has 2 heterocycles. The van der Waals surface area contributed by atoms with Gasteiger partial charge < -0.3 is 9.64 Å². The van der Waals surface area contributed by atoms with Gasteiger partial charge in [-0.3, -0.25) is 14.5 Å². The van der Waals surface area contributed by atoms with Gasteiger partial charge in [0.05, 0.1) is 18.1 Å². The van der Waals surface area contributed by atoms with E-state index in [1.165, 1.54) is 4.31 Å². The summed E-state index contributed by atoms with van der Waals surface area (Å²) in [5.41, 5.74) is 2.54. The molecule has 0 radical (unpaired) electrons. The summed E-state index contributed by atoms with van der Waals surface area (Å²) in [6.45, 7) is 7.10. The first-order valence-electron chi connectivity index (χ1n) is 11.6. The van der Waals surface area contributed by atoms with E-state index in [-0.39, 0.29) is 23.0 Å². The Kier molecular flexibility index (Phi) is 7.77. The molecule has 0 unspecified atom stereocenters. The van der Waals surface area contributed by atoms with E-state index in [0.29, 0.717) is 31.9 Å². The average Bonchev–Trinajstić information content (AvgIpc) is 2.85. The van der Waals surface area contributed by atoms with Crippen molar-refractivity contribution in [2.45, 2.75) is 24.8 Å². The van der Waals surface area contributed by atoms with Gasteiger partial charge in [-0.05, 0) is 23.3 Å². The number of hydrogen-bond donors (Lipinski definition) is 0. The number of nitrogens with zero attached hydrogens (tertiary/aromatic N) is 3. The van der Waals surface area contributed by atoms with E-state index >= 15 is 0 Å². The van der Waals surface area contributed by atoms with Crippen molar-refractivity contribution < 1.29 is 22.7 Å². The van der Waals surface area contributed by atoms with Crippen molar-refractivity contribution in [3.63, 3.8) is 0 Å². The number of sulfonamides is 1. The lowest BCUT2D eigenvalue weighted by atomic mass is 10.0. The van der Waals surface area contributed by atoms with Crippen LogP contribution in [0.25, 0.3) is 0 Å². The second kappa shape index (κ2) is 10.8. The molecule has 182 valence electrons. The van der Waals surface area contributed by atoms with Gasteiger partial charge in [-0.15, -0.1) is 0 Å². The maximum Gasteiger partial charge on any atom is 0.243 e. The Hall–Kier alpha value is -2.59. The maximum atomic E-state index is 12.8. The van der Waals surface area contributed by atoms with Crippen LogP contribution in [0.1, 0.15) is 28.4 Å². The summed E-state index contributed by atoms with van der Waals surface area (Å²) >= 11 is 0. The number of rotatable bonds is 7. The molecule has 0 saturated carbocycles. The molecule has 4 rings (SSSR count). The van der Waals surface area contributed by atoms with Gasteiger partial charge in [0.15, 0.2) is 5.78 Å². The summed E-state index contributed by atoms with van der Waals surface area (Å²) in [6, 6.07) is 14.2. The van der Waals surface area contributed by atoms with Gasteiger partial charge in [-0.1, -0.05) is 36.4 Å². The van der Waals surface area contributed by atoms with Crippen molar-refractivity contribution in [3.05, 3.63) is 65.2 Å². The van der Waals surface area contributed by atoms with Gasteiger partial charge in [0.25, 0.3) is 0 Å². The van der Waals surface area contributed by atoms with Crippen LogP contribution in [0.3, 0.4) is 0 Å². The minimum absolute atomic E-state index is 0.00888. The fraction of sp³-hybridized carbons (Fsp3) is 0.440. The van der Waals surface area contributed by atoms with Gasteiger partial charge in [-0.2, -0.15) is 4.31 Å². The largest absolute Gasteiger partial charge is 0.379 e. The summed E-state index contributed by atoms with van der Waals surface area (Å²) in [4.78, 5) is 28.6. The second-order valence-corrected chi connectivity index (χ2v) is 10.7. The van der Waals surface area contributed by atoms with Crippen LogP contribution in [-0.4, -0.2) is 86.7 Å². The molecule has 0 aliphatic carbocycles. The first-order chi connectivity index (χ1) is 16.3. The molecular formula is C25H31N3O5S. The molecule has 0 spiro atoms. The number of ketones is 1. The molecule has 0 bridgehead atoms. The molecular weight excluding hydrogens is 454 g/mol.